The predicted molar refractivity (Wildman–Crippen MR) is 113 cm³/mol. The highest BCUT2D eigenvalue weighted by Crippen LogP contribution is 2.36. The van der Waals surface area contributed by atoms with Gasteiger partial charge in [0.05, 0.1) is 12.1 Å². The Labute approximate surface area is 192 Å². The summed E-state index contributed by atoms with van der Waals surface area (Å²) in [6, 6.07) is 0.711. The molecule has 4 atom stereocenters. The molecule has 5 rings (SSSR count). The van der Waals surface area contributed by atoms with Gasteiger partial charge in [0.25, 0.3) is 17.7 Å². The molecule has 5 N–H and O–H groups in total. The van der Waals surface area contributed by atoms with Crippen molar-refractivity contribution < 1.29 is 24.0 Å². The van der Waals surface area contributed by atoms with Crippen LogP contribution in [0.4, 0.5) is 0 Å². The maximum absolute atomic E-state index is 13.5. The Morgan fingerprint density at radius 3 is 2.53 bits per heavy atom. The van der Waals surface area contributed by atoms with Crippen LogP contribution in [-0.4, -0.2) is 90.1 Å². The van der Waals surface area contributed by atoms with Crippen molar-refractivity contribution in [3.8, 4) is 0 Å². The van der Waals surface area contributed by atoms with E-state index >= 15 is 0 Å². The van der Waals surface area contributed by atoms with Crippen LogP contribution in [0.3, 0.4) is 0 Å². The molecule has 0 spiro atoms. The van der Waals surface area contributed by atoms with Gasteiger partial charge < -0.3 is 31.2 Å². The number of piperazine rings is 1. The number of rotatable bonds is 5. The van der Waals surface area contributed by atoms with Crippen LogP contribution in [-0.2, 0) is 16.6 Å². The van der Waals surface area contributed by atoms with Crippen molar-refractivity contribution >= 4 is 29.5 Å². The number of primary amides is 2. The molecule has 0 aromatic carbocycles. The van der Waals surface area contributed by atoms with Gasteiger partial charge in [-0.1, -0.05) is 5.21 Å². The van der Waals surface area contributed by atoms with Gasteiger partial charge in [0, 0.05) is 32.8 Å². The van der Waals surface area contributed by atoms with E-state index in [9.17, 15) is 24.0 Å². The molecule has 2 aromatic rings. The second-order valence-electron chi connectivity index (χ2n) is 8.71. The Morgan fingerprint density at radius 1 is 1.12 bits per heavy atom. The molecule has 3 fully saturated rings. The van der Waals surface area contributed by atoms with Crippen LogP contribution >= 0.6 is 0 Å². The van der Waals surface area contributed by atoms with Gasteiger partial charge in [-0.05, 0) is 18.6 Å². The molecule has 0 radical (unpaired) electrons. The number of carbonyl (C=O) groups excluding carboxylic acids is 5. The third-order valence-electron chi connectivity index (χ3n) is 6.78. The largest absolute Gasteiger partial charge is 0.364 e. The molecule has 0 aliphatic carbocycles. The lowest BCUT2D eigenvalue weighted by molar-refractivity contribution is -0.157. The molecule has 3 aliphatic rings. The zero-order valence-corrected chi connectivity index (χ0v) is 18.2. The number of aryl methyl sites for hydroxylation is 1. The summed E-state index contributed by atoms with van der Waals surface area (Å²) in [7, 11) is 1.74. The Bertz CT molecular complexity index is 1230. The number of amides is 5. The Kier molecular flexibility index (Phi) is 4.88. The van der Waals surface area contributed by atoms with Gasteiger partial charge >= 0.3 is 0 Å². The Balaban J connectivity index is 1.39. The molecule has 2 aromatic heterocycles. The third kappa shape index (κ3) is 3.13. The molecule has 14 nitrogen and oxygen atoms in total. The third-order valence-corrected chi connectivity index (χ3v) is 6.78. The summed E-state index contributed by atoms with van der Waals surface area (Å²) in [5.74, 6) is -2.75. The van der Waals surface area contributed by atoms with Gasteiger partial charge in [-0.3, -0.25) is 24.0 Å². The number of hydrogen-bond donors (Lipinski definition) is 3. The maximum atomic E-state index is 13.5. The Hall–Kier alpha value is -4.23. The average Bonchev–Trinajstić information content (AvgIpc) is 3.55. The van der Waals surface area contributed by atoms with E-state index in [1.165, 1.54) is 14.5 Å². The molecule has 5 amide bonds. The minimum absolute atomic E-state index is 0.0693. The molecular formula is C20H23N9O5. The van der Waals surface area contributed by atoms with E-state index in [1.807, 2.05) is 0 Å². The van der Waals surface area contributed by atoms with E-state index in [-0.39, 0.29) is 42.1 Å². The van der Waals surface area contributed by atoms with Gasteiger partial charge in [-0.25, -0.2) is 4.68 Å². The highest BCUT2D eigenvalue weighted by molar-refractivity contribution is 6.04. The summed E-state index contributed by atoms with van der Waals surface area (Å²) in [4.78, 5) is 65.9. The number of fused-ring (bicyclic) bond motifs is 2. The molecule has 0 saturated carbocycles. The van der Waals surface area contributed by atoms with Crippen molar-refractivity contribution in [2.24, 2.45) is 18.5 Å². The minimum Gasteiger partial charge on any atom is -0.364 e. The molecule has 4 unspecified atom stereocenters. The fraction of sp³-hybridized carbons (Fsp3) is 0.450. The maximum Gasteiger partial charge on any atom is 0.271 e. The van der Waals surface area contributed by atoms with E-state index in [4.69, 9.17) is 11.5 Å². The fourth-order valence-corrected chi connectivity index (χ4v) is 5.21. The second-order valence-corrected chi connectivity index (χ2v) is 8.71. The first-order chi connectivity index (χ1) is 16.2. The molecule has 3 saturated heterocycles. The SMILES string of the molecule is Cn1cccc1C(=O)NC1CCN2C(=O)C3CC(n4nnc(C(N)=O)c4C(N)=O)CN3C(=O)C12. The minimum atomic E-state index is -0.958. The summed E-state index contributed by atoms with van der Waals surface area (Å²) >= 11 is 0. The lowest BCUT2D eigenvalue weighted by Gasteiger charge is -2.40. The van der Waals surface area contributed by atoms with Crippen LogP contribution in [0.1, 0.15) is 50.3 Å². The monoisotopic (exact) mass is 469 g/mol. The molecule has 14 heteroatoms. The second kappa shape index (κ2) is 7.67. The number of aromatic nitrogens is 4. The van der Waals surface area contributed by atoms with Gasteiger partial charge in [-0.2, -0.15) is 0 Å². The summed E-state index contributed by atoms with van der Waals surface area (Å²) in [5.41, 5.74) is 10.5. The van der Waals surface area contributed by atoms with Crippen molar-refractivity contribution in [2.75, 3.05) is 13.1 Å². The first-order valence-corrected chi connectivity index (χ1v) is 10.8. The van der Waals surface area contributed by atoms with Crippen molar-refractivity contribution in [1.29, 1.82) is 0 Å². The molecular weight excluding hydrogens is 446 g/mol. The number of hydrogen-bond acceptors (Lipinski definition) is 7. The van der Waals surface area contributed by atoms with E-state index in [0.29, 0.717) is 18.7 Å². The zero-order chi connectivity index (χ0) is 24.3. The first kappa shape index (κ1) is 21.6. The van der Waals surface area contributed by atoms with Gasteiger partial charge in [0.2, 0.25) is 11.8 Å². The number of nitrogens with two attached hydrogens (primary N) is 2. The van der Waals surface area contributed by atoms with Gasteiger partial charge in [0.15, 0.2) is 11.4 Å². The van der Waals surface area contributed by atoms with Crippen LogP contribution in [0.2, 0.25) is 0 Å². The van der Waals surface area contributed by atoms with E-state index < -0.39 is 36.0 Å². The number of nitrogens with zero attached hydrogens (tertiary/aromatic N) is 6. The smallest absolute Gasteiger partial charge is 0.271 e. The average molecular weight is 469 g/mol. The lowest BCUT2D eigenvalue weighted by atomic mass is 10.0. The van der Waals surface area contributed by atoms with Crippen molar-refractivity contribution in [3.05, 3.63) is 35.4 Å². The van der Waals surface area contributed by atoms with Crippen LogP contribution in [0.15, 0.2) is 18.3 Å². The van der Waals surface area contributed by atoms with Crippen LogP contribution in [0.25, 0.3) is 0 Å². The van der Waals surface area contributed by atoms with E-state index in [0.717, 1.165) is 0 Å². The van der Waals surface area contributed by atoms with Gasteiger partial charge in [0.1, 0.15) is 17.8 Å². The highest BCUT2D eigenvalue weighted by atomic mass is 16.2. The zero-order valence-electron chi connectivity index (χ0n) is 18.2. The normalized spacial score (nSPS) is 25.9. The van der Waals surface area contributed by atoms with Gasteiger partial charge in [-0.15, -0.1) is 5.10 Å². The molecule has 5 heterocycles. The summed E-state index contributed by atoms with van der Waals surface area (Å²) in [6.07, 6.45) is 2.38. The van der Waals surface area contributed by atoms with Crippen LogP contribution in [0.5, 0.6) is 0 Å². The van der Waals surface area contributed by atoms with E-state index in [2.05, 4.69) is 15.6 Å². The Morgan fingerprint density at radius 2 is 1.88 bits per heavy atom. The summed E-state index contributed by atoms with van der Waals surface area (Å²) in [6.45, 7) is 0.407. The fourth-order valence-electron chi connectivity index (χ4n) is 5.21. The summed E-state index contributed by atoms with van der Waals surface area (Å²) < 4.78 is 2.84. The van der Waals surface area contributed by atoms with Crippen LogP contribution in [0, 0.1) is 0 Å². The number of nitrogens with one attached hydrogen (secondary N) is 1. The number of carbonyl (C=O) groups is 5. The van der Waals surface area contributed by atoms with E-state index in [1.54, 1.807) is 29.9 Å². The quantitative estimate of drug-likeness (QED) is 0.426. The molecule has 178 valence electrons. The predicted octanol–water partition coefficient (Wildman–Crippen LogP) is -2.63. The van der Waals surface area contributed by atoms with Crippen LogP contribution < -0.4 is 16.8 Å². The highest BCUT2D eigenvalue weighted by Gasteiger charge is 2.55. The summed E-state index contributed by atoms with van der Waals surface area (Å²) in [5, 5.41) is 10.4. The topological polar surface area (TPSA) is 192 Å². The first-order valence-electron chi connectivity index (χ1n) is 10.8. The lowest BCUT2D eigenvalue weighted by Crippen LogP contribution is -2.64. The standard InChI is InChI=1S/C20H23N9O5/c1-26-5-2-3-11(26)18(32)23-10-4-6-27-14(10)20(34)28-8-9(7-12(28)19(27)33)29-15(17(22)31)13(16(21)30)24-25-29/h2-3,5,9-10,12,14H,4,6-8H2,1H3,(H2,21,30)(H2,22,31)(H,23,32). The van der Waals surface area contributed by atoms with Crippen molar-refractivity contribution in [1.82, 2.24) is 34.7 Å². The molecule has 3 aliphatic heterocycles. The van der Waals surface area contributed by atoms with Crippen molar-refractivity contribution in [2.45, 2.75) is 37.0 Å². The molecule has 34 heavy (non-hydrogen) atoms. The molecule has 0 bridgehead atoms. The van der Waals surface area contributed by atoms with Crippen molar-refractivity contribution in [3.63, 3.8) is 0 Å².